The maximum Gasteiger partial charge on any atom is 0.432 e. The number of amides is 1. The minimum Gasteiger partial charge on any atom is -0.507 e. The number of Topliss-reactive ketones (excluding diaryl/α,β-unsaturated/α-hetero) is 1. The fraction of sp³-hybridized carbons (Fsp3) is 0.467. The molecule has 0 saturated heterocycles. The molecule has 0 aliphatic heterocycles. The van der Waals surface area contributed by atoms with Crippen LogP contribution in [0.5, 0.6) is 5.75 Å². The van der Waals surface area contributed by atoms with E-state index in [2.05, 4.69) is 22.7 Å². The van der Waals surface area contributed by atoms with Crippen molar-refractivity contribution >= 4 is 29.1 Å². The van der Waals surface area contributed by atoms with E-state index in [0.29, 0.717) is 31.4 Å². The fourth-order valence-electron chi connectivity index (χ4n) is 4.43. The van der Waals surface area contributed by atoms with Gasteiger partial charge in [-0.25, -0.2) is 9.59 Å². The van der Waals surface area contributed by atoms with Crippen molar-refractivity contribution < 1.29 is 28.3 Å². The Morgan fingerprint density at radius 1 is 1.16 bits per heavy atom. The summed E-state index contributed by atoms with van der Waals surface area (Å²) in [7, 11) is 1.26. The van der Waals surface area contributed by atoms with Crippen LogP contribution >= 0.6 is 0 Å². The first-order valence-electron chi connectivity index (χ1n) is 13.0. The second-order valence-corrected chi connectivity index (χ2v) is 10.5. The highest BCUT2D eigenvalue weighted by Crippen LogP contribution is 2.36. The van der Waals surface area contributed by atoms with Gasteiger partial charge in [0.2, 0.25) is 0 Å². The Bertz CT molecular complexity index is 1380. The van der Waals surface area contributed by atoms with Crippen LogP contribution in [0.15, 0.2) is 49.0 Å². The SMILES string of the molecule is CCc1ccc2cc(CC(C)(C)C(C)C(=O)c3c(O)cc(C(C)CCCC=NC(=O)OC)oc3=O)oc2c1. The number of fused-ring (bicyclic) bond motifs is 1. The number of benzene rings is 1. The summed E-state index contributed by atoms with van der Waals surface area (Å²) in [5.41, 5.74) is 0.266. The number of hydrogen-bond acceptors (Lipinski definition) is 7. The summed E-state index contributed by atoms with van der Waals surface area (Å²) < 4.78 is 16.0. The molecule has 204 valence electrons. The third-order valence-corrected chi connectivity index (χ3v) is 7.26. The van der Waals surface area contributed by atoms with E-state index >= 15 is 0 Å². The minimum atomic E-state index is -0.845. The van der Waals surface area contributed by atoms with Crippen molar-refractivity contribution in [2.45, 2.75) is 72.6 Å². The molecule has 2 aromatic heterocycles. The summed E-state index contributed by atoms with van der Waals surface area (Å²) in [5, 5.41) is 11.7. The normalized spacial score (nSPS) is 13.6. The molecule has 2 heterocycles. The van der Waals surface area contributed by atoms with Gasteiger partial charge in [0.25, 0.3) is 0 Å². The van der Waals surface area contributed by atoms with Gasteiger partial charge in [0.15, 0.2) is 5.78 Å². The van der Waals surface area contributed by atoms with Crippen molar-refractivity contribution in [3.05, 3.63) is 63.4 Å². The molecule has 0 aliphatic rings. The maximum atomic E-state index is 13.4. The number of furan rings is 1. The zero-order chi connectivity index (χ0) is 28.0. The molecule has 3 aromatic rings. The number of rotatable bonds is 11. The Labute approximate surface area is 222 Å². The number of aromatic hydroxyl groups is 1. The number of hydrogen-bond donors (Lipinski definition) is 1. The number of carbonyl (C=O) groups is 2. The molecule has 0 aliphatic carbocycles. The van der Waals surface area contributed by atoms with Gasteiger partial charge in [0.05, 0.1) is 7.11 Å². The molecule has 1 aromatic carbocycles. The molecule has 0 bridgehead atoms. The molecule has 1 amide bonds. The van der Waals surface area contributed by atoms with E-state index in [-0.39, 0.29) is 17.2 Å². The lowest BCUT2D eigenvalue weighted by molar-refractivity contribution is 0.0805. The third kappa shape index (κ3) is 6.79. The number of ketones is 1. The van der Waals surface area contributed by atoms with Crippen LogP contribution in [0.3, 0.4) is 0 Å². The Morgan fingerprint density at radius 3 is 2.55 bits per heavy atom. The van der Waals surface area contributed by atoms with Crippen molar-refractivity contribution in [2.24, 2.45) is 16.3 Å². The van der Waals surface area contributed by atoms with Crippen LogP contribution < -0.4 is 5.63 Å². The molecule has 0 spiro atoms. The highest BCUT2D eigenvalue weighted by atomic mass is 16.5. The number of aliphatic imine (C=N–C) groups is 1. The van der Waals surface area contributed by atoms with Crippen LogP contribution in [0.2, 0.25) is 0 Å². The summed E-state index contributed by atoms with van der Waals surface area (Å²) in [6.45, 7) is 9.59. The predicted molar refractivity (Wildman–Crippen MR) is 146 cm³/mol. The molecule has 2 unspecified atom stereocenters. The summed E-state index contributed by atoms with van der Waals surface area (Å²) in [6.07, 6.45) is 4.07. The van der Waals surface area contributed by atoms with E-state index in [1.807, 2.05) is 39.0 Å². The lowest BCUT2D eigenvalue weighted by atomic mass is 9.73. The van der Waals surface area contributed by atoms with Crippen LogP contribution in [-0.4, -0.2) is 30.3 Å². The fourth-order valence-corrected chi connectivity index (χ4v) is 4.43. The van der Waals surface area contributed by atoms with Crippen LogP contribution in [0.4, 0.5) is 4.79 Å². The Kier molecular flexibility index (Phi) is 9.31. The van der Waals surface area contributed by atoms with E-state index in [0.717, 1.165) is 23.2 Å². The topological polar surface area (TPSA) is 119 Å². The number of carbonyl (C=O) groups excluding carboxylic acids is 2. The lowest BCUT2D eigenvalue weighted by Gasteiger charge is -2.30. The largest absolute Gasteiger partial charge is 0.507 e. The van der Waals surface area contributed by atoms with Gasteiger partial charge in [-0.1, -0.05) is 46.8 Å². The van der Waals surface area contributed by atoms with Crippen LogP contribution in [0, 0.1) is 11.3 Å². The lowest BCUT2D eigenvalue weighted by Crippen LogP contribution is -2.33. The summed E-state index contributed by atoms with van der Waals surface area (Å²) >= 11 is 0. The van der Waals surface area contributed by atoms with E-state index in [9.17, 15) is 19.5 Å². The predicted octanol–water partition coefficient (Wildman–Crippen LogP) is 6.85. The highest BCUT2D eigenvalue weighted by Gasteiger charge is 2.36. The Morgan fingerprint density at radius 2 is 1.89 bits per heavy atom. The summed E-state index contributed by atoms with van der Waals surface area (Å²) in [4.78, 5) is 40.8. The van der Waals surface area contributed by atoms with E-state index < -0.39 is 28.8 Å². The molecule has 38 heavy (non-hydrogen) atoms. The van der Waals surface area contributed by atoms with Gasteiger partial charge in [-0.05, 0) is 48.8 Å². The first-order valence-corrected chi connectivity index (χ1v) is 13.0. The van der Waals surface area contributed by atoms with E-state index in [4.69, 9.17) is 8.83 Å². The Balaban J connectivity index is 1.71. The van der Waals surface area contributed by atoms with Gasteiger partial charge in [-0.3, -0.25) is 4.79 Å². The van der Waals surface area contributed by atoms with Gasteiger partial charge in [0.1, 0.15) is 28.4 Å². The number of ether oxygens (including phenoxy) is 1. The molecule has 1 N–H and O–H groups in total. The number of unbranched alkanes of at least 4 members (excludes halogenated alkanes) is 1. The maximum absolute atomic E-state index is 13.4. The van der Waals surface area contributed by atoms with Crippen molar-refractivity contribution in [2.75, 3.05) is 7.11 Å². The van der Waals surface area contributed by atoms with Crippen LogP contribution in [-0.2, 0) is 17.6 Å². The zero-order valence-corrected chi connectivity index (χ0v) is 23.0. The van der Waals surface area contributed by atoms with Gasteiger partial charge >= 0.3 is 11.7 Å². The molecule has 0 radical (unpaired) electrons. The van der Waals surface area contributed by atoms with Crippen molar-refractivity contribution in [1.29, 1.82) is 0 Å². The quantitative estimate of drug-likeness (QED) is 0.166. The summed E-state index contributed by atoms with van der Waals surface area (Å²) in [5.74, 6) is -0.556. The number of aryl methyl sites for hydroxylation is 1. The van der Waals surface area contributed by atoms with Gasteiger partial charge in [0, 0.05) is 35.9 Å². The van der Waals surface area contributed by atoms with Crippen LogP contribution in [0.1, 0.15) is 87.2 Å². The highest BCUT2D eigenvalue weighted by molar-refractivity contribution is 6.00. The standard InChI is InChI=1S/C30H37NO7/c1-7-20-11-12-21-15-22(37-25(21)14-20)17-30(4,5)19(3)27(33)26-23(32)16-24(38-28(26)34)18(2)10-8-9-13-31-29(35)36-6/h11-16,18-19,32H,7-10,17H2,1-6H3. The Hall–Kier alpha value is -3.68. The van der Waals surface area contributed by atoms with Gasteiger partial charge in [-0.2, -0.15) is 4.99 Å². The van der Waals surface area contributed by atoms with Crippen LogP contribution in [0.25, 0.3) is 11.0 Å². The summed E-state index contributed by atoms with van der Waals surface area (Å²) in [6, 6.07) is 9.47. The molecular formula is C30H37NO7. The van der Waals surface area contributed by atoms with Crippen molar-refractivity contribution in [1.82, 2.24) is 0 Å². The van der Waals surface area contributed by atoms with E-state index in [1.54, 1.807) is 6.92 Å². The molecule has 0 fully saturated rings. The minimum absolute atomic E-state index is 0.181. The monoisotopic (exact) mass is 523 g/mol. The number of methoxy groups -OCH3 is 1. The van der Waals surface area contributed by atoms with E-state index in [1.165, 1.54) is 25.0 Å². The molecule has 0 saturated carbocycles. The first-order chi connectivity index (χ1) is 18.0. The average Bonchev–Trinajstić information content (AvgIpc) is 3.27. The zero-order valence-electron chi connectivity index (χ0n) is 23.0. The third-order valence-electron chi connectivity index (χ3n) is 7.26. The molecule has 2 atom stereocenters. The molecular weight excluding hydrogens is 486 g/mol. The average molecular weight is 524 g/mol. The molecule has 3 rings (SSSR count). The number of nitrogens with zero attached hydrogens (tertiary/aromatic N) is 1. The second kappa shape index (κ2) is 12.2. The smallest absolute Gasteiger partial charge is 0.432 e. The van der Waals surface area contributed by atoms with Gasteiger partial charge < -0.3 is 18.7 Å². The second-order valence-electron chi connectivity index (χ2n) is 10.5. The first kappa shape index (κ1) is 28.9. The van der Waals surface area contributed by atoms with Crippen molar-refractivity contribution in [3.8, 4) is 5.75 Å². The molecule has 8 heteroatoms. The van der Waals surface area contributed by atoms with Crippen molar-refractivity contribution in [3.63, 3.8) is 0 Å². The molecule has 8 nitrogen and oxygen atoms in total. The van der Waals surface area contributed by atoms with Gasteiger partial charge in [-0.15, -0.1) is 0 Å².